The van der Waals surface area contributed by atoms with Crippen molar-refractivity contribution in [3.05, 3.63) is 35.4 Å². The molecule has 4 saturated carbocycles. The lowest BCUT2D eigenvalue weighted by molar-refractivity contribution is -0.0294. The first kappa shape index (κ1) is 18.6. The van der Waals surface area contributed by atoms with E-state index < -0.39 is 0 Å². The van der Waals surface area contributed by atoms with E-state index in [2.05, 4.69) is 38.1 Å². The van der Waals surface area contributed by atoms with Gasteiger partial charge < -0.3 is 0 Å². The minimum atomic E-state index is 0.534. The fourth-order valence-electron chi connectivity index (χ4n) is 6.91. The Kier molecular flexibility index (Phi) is 5.49. The third-order valence-corrected chi connectivity index (χ3v) is 8.96. The molecule has 144 valence electrons. The van der Waals surface area contributed by atoms with Crippen molar-refractivity contribution in [2.45, 2.75) is 109 Å². The van der Waals surface area contributed by atoms with Gasteiger partial charge in [0.15, 0.2) is 0 Å². The Morgan fingerprint density at radius 2 is 1.42 bits per heavy atom. The Labute approximate surface area is 162 Å². The number of aryl methyl sites for hydroxylation is 1. The molecule has 4 aliphatic rings. The van der Waals surface area contributed by atoms with Gasteiger partial charge in [-0.3, -0.25) is 0 Å². The molecule has 1 aromatic rings. The zero-order chi connectivity index (χ0) is 18.0. The molecule has 0 unspecified atom stereocenters. The van der Waals surface area contributed by atoms with Crippen LogP contribution in [0, 0.1) is 17.3 Å². The highest BCUT2D eigenvalue weighted by molar-refractivity contribution is 5.31. The Morgan fingerprint density at radius 3 is 1.96 bits per heavy atom. The molecule has 1 aromatic carbocycles. The highest BCUT2D eigenvalue weighted by Gasteiger charge is 2.52. The molecule has 0 aliphatic heterocycles. The van der Waals surface area contributed by atoms with Gasteiger partial charge >= 0.3 is 0 Å². The zero-order valence-corrected chi connectivity index (χ0v) is 17.4. The second-order valence-electron chi connectivity index (χ2n) is 10.1. The van der Waals surface area contributed by atoms with Gasteiger partial charge in [0, 0.05) is 0 Å². The molecule has 0 spiro atoms. The molecule has 5 rings (SSSR count). The first-order chi connectivity index (χ1) is 12.7. The van der Waals surface area contributed by atoms with Crippen LogP contribution < -0.4 is 0 Å². The maximum Gasteiger partial charge on any atom is -0.00463 e. The SMILES string of the molecule is CCCCC1CCC(C23CCC(c4ccc(CC)cc4)(CC2)CC3)CC1. The van der Waals surface area contributed by atoms with Crippen LogP contribution in [-0.2, 0) is 11.8 Å². The Balaban J connectivity index is 1.38. The molecule has 4 aliphatic carbocycles. The van der Waals surface area contributed by atoms with Gasteiger partial charge in [-0.15, -0.1) is 0 Å². The molecule has 0 heterocycles. The Hall–Kier alpha value is -0.780. The highest BCUT2D eigenvalue weighted by atomic mass is 14.6. The minimum absolute atomic E-state index is 0.534. The Morgan fingerprint density at radius 1 is 0.808 bits per heavy atom. The van der Waals surface area contributed by atoms with Crippen LogP contribution in [0.2, 0.25) is 0 Å². The molecule has 0 nitrogen and oxygen atoms in total. The summed E-state index contributed by atoms with van der Waals surface area (Å²) in [5.41, 5.74) is 4.42. The van der Waals surface area contributed by atoms with E-state index in [0.717, 1.165) is 23.7 Å². The molecule has 0 saturated heterocycles. The molecular weight excluding hydrogens is 312 g/mol. The molecule has 0 aromatic heterocycles. The van der Waals surface area contributed by atoms with Gasteiger partial charge in [0.25, 0.3) is 0 Å². The van der Waals surface area contributed by atoms with Crippen LogP contribution in [-0.4, -0.2) is 0 Å². The first-order valence-electron chi connectivity index (χ1n) is 11.8. The fourth-order valence-corrected chi connectivity index (χ4v) is 6.91. The van der Waals surface area contributed by atoms with Gasteiger partial charge in [0.1, 0.15) is 0 Å². The normalized spacial score (nSPS) is 37.0. The van der Waals surface area contributed by atoms with E-state index in [1.807, 2.05) is 0 Å². The van der Waals surface area contributed by atoms with Crippen molar-refractivity contribution < 1.29 is 0 Å². The molecule has 0 N–H and O–H groups in total. The summed E-state index contributed by atoms with van der Waals surface area (Å²) in [7, 11) is 0. The summed E-state index contributed by atoms with van der Waals surface area (Å²) >= 11 is 0. The second-order valence-corrected chi connectivity index (χ2v) is 10.1. The molecule has 0 amide bonds. The monoisotopic (exact) mass is 352 g/mol. The lowest BCUT2D eigenvalue weighted by Gasteiger charge is -2.58. The first-order valence-corrected chi connectivity index (χ1v) is 11.8. The average molecular weight is 353 g/mol. The molecule has 4 fully saturated rings. The summed E-state index contributed by atoms with van der Waals surface area (Å²) in [6, 6.07) is 9.71. The largest absolute Gasteiger partial charge is 0.0654 e. The molecule has 0 heteroatoms. The summed E-state index contributed by atoms with van der Waals surface area (Å²) in [5.74, 6) is 2.12. The molecular formula is C26H40. The number of rotatable bonds is 6. The van der Waals surface area contributed by atoms with Gasteiger partial charge in [-0.05, 0) is 91.6 Å². The minimum Gasteiger partial charge on any atom is -0.0654 e. The number of hydrogen-bond donors (Lipinski definition) is 0. The van der Waals surface area contributed by atoms with Crippen molar-refractivity contribution in [2.75, 3.05) is 0 Å². The highest BCUT2D eigenvalue weighted by Crippen LogP contribution is 2.62. The molecule has 0 radical (unpaired) electrons. The van der Waals surface area contributed by atoms with E-state index in [1.165, 1.54) is 76.2 Å². The van der Waals surface area contributed by atoms with E-state index in [1.54, 1.807) is 18.4 Å². The van der Waals surface area contributed by atoms with Crippen LogP contribution in [0.25, 0.3) is 0 Å². The van der Waals surface area contributed by atoms with Crippen LogP contribution in [0.1, 0.15) is 108 Å². The quantitative estimate of drug-likeness (QED) is 0.489. The Bertz CT molecular complexity index is 548. The third-order valence-electron chi connectivity index (χ3n) is 8.96. The van der Waals surface area contributed by atoms with Crippen molar-refractivity contribution in [1.29, 1.82) is 0 Å². The number of benzene rings is 1. The van der Waals surface area contributed by atoms with Crippen molar-refractivity contribution in [3.8, 4) is 0 Å². The topological polar surface area (TPSA) is 0 Å². The van der Waals surface area contributed by atoms with Crippen molar-refractivity contribution in [2.24, 2.45) is 17.3 Å². The summed E-state index contributed by atoms with van der Waals surface area (Å²) in [5, 5.41) is 0. The standard InChI is InChI=1S/C26H40/c1-3-5-6-22-9-13-24(14-10-22)26-18-15-25(16-19-26,17-20-26)23-11-7-21(4-2)8-12-23/h7-8,11-12,22,24H,3-6,9-10,13-20H2,1-2H3. The third kappa shape index (κ3) is 3.38. The van der Waals surface area contributed by atoms with Gasteiger partial charge in [0.2, 0.25) is 0 Å². The summed E-state index contributed by atoms with van der Waals surface area (Å²) < 4.78 is 0. The van der Waals surface area contributed by atoms with Crippen molar-refractivity contribution >= 4 is 0 Å². The fraction of sp³-hybridized carbons (Fsp3) is 0.769. The molecule has 2 bridgehead atoms. The van der Waals surface area contributed by atoms with Crippen LogP contribution in [0.5, 0.6) is 0 Å². The lowest BCUT2D eigenvalue weighted by atomic mass is 9.47. The van der Waals surface area contributed by atoms with E-state index in [9.17, 15) is 0 Å². The van der Waals surface area contributed by atoms with Crippen LogP contribution in [0.15, 0.2) is 24.3 Å². The van der Waals surface area contributed by atoms with Crippen molar-refractivity contribution in [1.82, 2.24) is 0 Å². The molecule has 0 atom stereocenters. The maximum absolute atomic E-state index is 2.47. The predicted molar refractivity (Wildman–Crippen MR) is 113 cm³/mol. The lowest BCUT2D eigenvalue weighted by Crippen LogP contribution is -2.48. The summed E-state index contributed by atoms with van der Waals surface area (Å²) in [6.45, 7) is 4.61. The van der Waals surface area contributed by atoms with E-state index in [-0.39, 0.29) is 0 Å². The van der Waals surface area contributed by atoms with E-state index in [0.29, 0.717) is 5.41 Å². The van der Waals surface area contributed by atoms with E-state index in [4.69, 9.17) is 0 Å². The van der Waals surface area contributed by atoms with E-state index >= 15 is 0 Å². The smallest absolute Gasteiger partial charge is 0.00463 e. The molecule has 26 heavy (non-hydrogen) atoms. The predicted octanol–water partition coefficient (Wildman–Crippen LogP) is 7.84. The van der Waals surface area contributed by atoms with Crippen LogP contribution in [0.3, 0.4) is 0 Å². The summed E-state index contributed by atoms with van der Waals surface area (Å²) in [4.78, 5) is 0. The van der Waals surface area contributed by atoms with Crippen LogP contribution >= 0.6 is 0 Å². The average Bonchev–Trinajstić information content (AvgIpc) is 2.74. The maximum atomic E-state index is 2.47. The van der Waals surface area contributed by atoms with Gasteiger partial charge in [-0.25, -0.2) is 0 Å². The number of fused-ring (bicyclic) bond motifs is 3. The van der Waals surface area contributed by atoms with Crippen molar-refractivity contribution in [3.63, 3.8) is 0 Å². The summed E-state index contributed by atoms with van der Waals surface area (Å²) in [6.07, 6.45) is 20.6. The van der Waals surface area contributed by atoms with Gasteiger partial charge in [-0.2, -0.15) is 0 Å². The number of unbranched alkanes of at least 4 members (excludes halogenated alkanes) is 1. The number of hydrogen-bond acceptors (Lipinski definition) is 0. The second kappa shape index (κ2) is 7.69. The van der Waals surface area contributed by atoms with Gasteiger partial charge in [-0.1, -0.05) is 70.2 Å². The van der Waals surface area contributed by atoms with Gasteiger partial charge in [0.05, 0.1) is 0 Å². The van der Waals surface area contributed by atoms with Crippen LogP contribution in [0.4, 0.5) is 0 Å². The zero-order valence-electron chi connectivity index (χ0n) is 17.4.